The predicted molar refractivity (Wildman–Crippen MR) is 82.3 cm³/mol. The summed E-state index contributed by atoms with van der Waals surface area (Å²) in [7, 11) is 1.69. The number of hydrogen-bond donors (Lipinski definition) is 1. The van der Waals surface area contributed by atoms with Crippen LogP contribution in [0.2, 0.25) is 0 Å². The van der Waals surface area contributed by atoms with Crippen molar-refractivity contribution in [1.29, 1.82) is 0 Å². The van der Waals surface area contributed by atoms with Crippen LogP contribution in [0.4, 0.5) is 5.69 Å². The van der Waals surface area contributed by atoms with Gasteiger partial charge in [-0.2, -0.15) is 0 Å². The van der Waals surface area contributed by atoms with Crippen LogP contribution in [0.15, 0.2) is 36.4 Å². The van der Waals surface area contributed by atoms with Crippen LogP contribution in [0.1, 0.15) is 24.1 Å². The van der Waals surface area contributed by atoms with Gasteiger partial charge in [0.1, 0.15) is 5.75 Å². The van der Waals surface area contributed by atoms with Crippen LogP contribution < -0.4 is 19.5 Å². The van der Waals surface area contributed by atoms with Gasteiger partial charge in [-0.1, -0.05) is 12.1 Å². The molecule has 0 aliphatic carbocycles. The maximum Gasteiger partial charge on any atom is 0.231 e. The van der Waals surface area contributed by atoms with Crippen molar-refractivity contribution in [3.8, 4) is 17.2 Å². The van der Waals surface area contributed by atoms with Crippen molar-refractivity contribution in [2.24, 2.45) is 0 Å². The van der Waals surface area contributed by atoms with Gasteiger partial charge in [0.15, 0.2) is 11.5 Å². The molecule has 21 heavy (non-hydrogen) atoms. The minimum absolute atomic E-state index is 0.135. The summed E-state index contributed by atoms with van der Waals surface area (Å²) in [5.41, 5.74) is 3.29. The Hall–Kier alpha value is -2.36. The van der Waals surface area contributed by atoms with Gasteiger partial charge in [-0.3, -0.25) is 0 Å². The molecule has 2 aromatic carbocycles. The zero-order valence-corrected chi connectivity index (χ0v) is 12.5. The second-order valence-electron chi connectivity index (χ2n) is 5.18. The van der Waals surface area contributed by atoms with Crippen LogP contribution in [0.5, 0.6) is 17.2 Å². The molecule has 1 aliphatic rings. The van der Waals surface area contributed by atoms with E-state index >= 15 is 0 Å². The summed E-state index contributed by atoms with van der Waals surface area (Å²) in [6.45, 7) is 4.46. The molecule has 3 rings (SSSR count). The van der Waals surface area contributed by atoms with Gasteiger partial charge >= 0.3 is 0 Å². The molecular formula is C17H19NO3. The molecule has 2 aromatic rings. The molecule has 0 aromatic heterocycles. The molecule has 0 fully saturated rings. The summed E-state index contributed by atoms with van der Waals surface area (Å²) >= 11 is 0. The second kappa shape index (κ2) is 5.56. The Morgan fingerprint density at radius 3 is 2.71 bits per heavy atom. The molecule has 0 saturated carbocycles. The number of hydrogen-bond acceptors (Lipinski definition) is 4. The van der Waals surface area contributed by atoms with Crippen molar-refractivity contribution in [2.75, 3.05) is 19.2 Å². The van der Waals surface area contributed by atoms with E-state index in [1.807, 2.05) is 37.3 Å². The molecule has 1 unspecified atom stereocenters. The first-order valence-corrected chi connectivity index (χ1v) is 6.98. The van der Waals surface area contributed by atoms with E-state index in [0.717, 1.165) is 28.5 Å². The van der Waals surface area contributed by atoms with Gasteiger partial charge in [-0.25, -0.2) is 0 Å². The Balaban J connectivity index is 1.81. The molecule has 0 spiro atoms. The summed E-state index contributed by atoms with van der Waals surface area (Å²) in [5.74, 6) is 2.46. The van der Waals surface area contributed by atoms with Crippen LogP contribution >= 0.6 is 0 Å². The van der Waals surface area contributed by atoms with Gasteiger partial charge in [-0.05, 0) is 49.2 Å². The van der Waals surface area contributed by atoms with Crippen molar-refractivity contribution in [3.63, 3.8) is 0 Å². The van der Waals surface area contributed by atoms with E-state index in [-0.39, 0.29) is 6.04 Å². The third-order valence-electron chi connectivity index (χ3n) is 3.63. The Kier molecular flexibility index (Phi) is 3.60. The molecule has 0 saturated heterocycles. The lowest BCUT2D eigenvalue weighted by Gasteiger charge is -2.18. The fourth-order valence-electron chi connectivity index (χ4n) is 2.42. The van der Waals surface area contributed by atoms with E-state index in [1.54, 1.807) is 7.11 Å². The highest BCUT2D eigenvalue weighted by atomic mass is 16.7. The lowest BCUT2D eigenvalue weighted by molar-refractivity contribution is 0.174. The van der Waals surface area contributed by atoms with E-state index in [0.29, 0.717) is 6.79 Å². The third-order valence-corrected chi connectivity index (χ3v) is 3.63. The topological polar surface area (TPSA) is 39.7 Å². The zero-order valence-electron chi connectivity index (χ0n) is 12.5. The standard InChI is InChI=1S/C17H19NO3/c1-11-4-6-14(16(8-11)19-3)18-12(2)13-5-7-15-17(9-13)21-10-20-15/h4-9,12,18H,10H2,1-3H3. The molecular weight excluding hydrogens is 266 g/mol. The van der Waals surface area contributed by atoms with E-state index in [1.165, 1.54) is 5.56 Å². The Labute approximate surface area is 124 Å². The molecule has 110 valence electrons. The van der Waals surface area contributed by atoms with Crippen LogP contribution in [0, 0.1) is 6.92 Å². The second-order valence-corrected chi connectivity index (χ2v) is 5.18. The first-order valence-electron chi connectivity index (χ1n) is 6.98. The van der Waals surface area contributed by atoms with Crippen molar-refractivity contribution < 1.29 is 14.2 Å². The maximum atomic E-state index is 5.43. The number of nitrogens with one attached hydrogen (secondary N) is 1. The number of ether oxygens (including phenoxy) is 3. The van der Waals surface area contributed by atoms with Crippen molar-refractivity contribution in [2.45, 2.75) is 19.9 Å². The number of aryl methyl sites for hydroxylation is 1. The Morgan fingerprint density at radius 2 is 1.90 bits per heavy atom. The van der Waals surface area contributed by atoms with Gasteiger partial charge < -0.3 is 19.5 Å². The maximum absolute atomic E-state index is 5.43. The largest absolute Gasteiger partial charge is 0.495 e. The Morgan fingerprint density at radius 1 is 1.10 bits per heavy atom. The van der Waals surface area contributed by atoms with Crippen molar-refractivity contribution >= 4 is 5.69 Å². The molecule has 4 nitrogen and oxygen atoms in total. The molecule has 0 radical (unpaired) electrons. The summed E-state index contributed by atoms with van der Waals surface area (Å²) in [5, 5.41) is 3.47. The predicted octanol–water partition coefficient (Wildman–Crippen LogP) is 3.91. The van der Waals surface area contributed by atoms with Crippen LogP contribution in [-0.2, 0) is 0 Å². The number of benzene rings is 2. The molecule has 1 atom stereocenters. The molecule has 0 bridgehead atoms. The molecule has 0 amide bonds. The quantitative estimate of drug-likeness (QED) is 0.924. The first kappa shape index (κ1) is 13.6. The lowest BCUT2D eigenvalue weighted by atomic mass is 10.1. The van der Waals surface area contributed by atoms with E-state index in [9.17, 15) is 0 Å². The number of rotatable bonds is 4. The Bertz CT molecular complexity index is 654. The summed E-state index contributed by atoms with van der Waals surface area (Å²) in [4.78, 5) is 0. The highest BCUT2D eigenvalue weighted by Crippen LogP contribution is 2.35. The highest BCUT2D eigenvalue weighted by molar-refractivity contribution is 5.59. The lowest BCUT2D eigenvalue weighted by Crippen LogP contribution is -2.07. The molecule has 1 N–H and O–H groups in total. The average molecular weight is 285 g/mol. The van der Waals surface area contributed by atoms with E-state index < -0.39 is 0 Å². The van der Waals surface area contributed by atoms with Crippen LogP contribution in [-0.4, -0.2) is 13.9 Å². The normalized spacial score (nSPS) is 13.9. The van der Waals surface area contributed by atoms with Crippen molar-refractivity contribution in [3.05, 3.63) is 47.5 Å². The highest BCUT2D eigenvalue weighted by Gasteiger charge is 2.16. The summed E-state index contributed by atoms with van der Waals surface area (Å²) in [6, 6.07) is 12.3. The van der Waals surface area contributed by atoms with Crippen LogP contribution in [0.3, 0.4) is 0 Å². The van der Waals surface area contributed by atoms with Gasteiger partial charge in [-0.15, -0.1) is 0 Å². The number of anilines is 1. The van der Waals surface area contributed by atoms with Gasteiger partial charge in [0.25, 0.3) is 0 Å². The van der Waals surface area contributed by atoms with Crippen molar-refractivity contribution in [1.82, 2.24) is 0 Å². The molecule has 4 heteroatoms. The average Bonchev–Trinajstić information content (AvgIpc) is 2.96. The smallest absolute Gasteiger partial charge is 0.231 e. The molecule has 1 aliphatic heterocycles. The fraction of sp³-hybridized carbons (Fsp3) is 0.294. The number of fused-ring (bicyclic) bond motifs is 1. The minimum atomic E-state index is 0.135. The van der Waals surface area contributed by atoms with Crippen LogP contribution in [0.25, 0.3) is 0 Å². The van der Waals surface area contributed by atoms with Gasteiger partial charge in [0.2, 0.25) is 6.79 Å². The third kappa shape index (κ3) is 2.75. The molecule has 1 heterocycles. The summed E-state index contributed by atoms with van der Waals surface area (Å²) < 4.78 is 16.2. The first-order chi connectivity index (χ1) is 10.2. The SMILES string of the molecule is COc1cc(C)ccc1NC(C)c1ccc2c(c1)OCO2. The summed E-state index contributed by atoms with van der Waals surface area (Å²) in [6.07, 6.45) is 0. The van der Waals surface area contributed by atoms with Gasteiger partial charge in [0, 0.05) is 6.04 Å². The monoisotopic (exact) mass is 285 g/mol. The fourth-order valence-corrected chi connectivity index (χ4v) is 2.42. The van der Waals surface area contributed by atoms with Gasteiger partial charge in [0.05, 0.1) is 12.8 Å². The van der Waals surface area contributed by atoms with E-state index in [4.69, 9.17) is 14.2 Å². The number of methoxy groups -OCH3 is 1. The minimum Gasteiger partial charge on any atom is -0.495 e. The zero-order chi connectivity index (χ0) is 14.8. The van der Waals surface area contributed by atoms with E-state index in [2.05, 4.69) is 18.3 Å².